The lowest BCUT2D eigenvalue weighted by atomic mass is 9.93. The van der Waals surface area contributed by atoms with Gasteiger partial charge in [-0.2, -0.15) is 0 Å². The van der Waals surface area contributed by atoms with Gasteiger partial charge in [-0.25, -0.2) is 4.99 Å². The van der Waals surface area contributed by atoms with E-state index in [-0.39, 0.29) is 5.78 Å². The number of allylic oxidation sites excluding steroid dienone is 1. The van der Waals surface area contributed by atoms with Crippen LogP contribution in [0.1, 0.15) is 25.5 Å². The zero-order valence-electron chi connectivity index (χ0n) is 11.2. The Hall–Kier alpha value is -2.30. The molecule has 0 radical (unpaired) electrons. The number of aliphatic imine (C=N–C) groups is 1. The zero-order valence-corrected chi connectivity index (χ0v) is 11.2. The van der Waals surface area contributed by atoms with Crippen molar-refractivity contribution in [1.29, 1.82) is 0 Å². The quantitative estimate of drug-likeness (QED) is 0.862. The largest absolute Gasteiger partial charge is 0.496 e. The van der Waals surface area contributed by atoms with Gasteiger partial charge >= 0.3 is 0 Å². The molecule has 1 aliphatic rings. The lowest BCUT2D eigenvalue weighted by molar-refractivity contribution is -0.113. The van der Waals surface area contributed by atoms with Crippen LogP contribution >= 0.6 is 0 Å². The van der Waals surface area contributed by atoms with Gasteiger partial charge in [-0.05, 0) is 19.9 Å². The van der Waals surface area contributed by atoms with Crippen LogP contribution in [-0.2, 0) is 4.79 Å². The molecule has 0 aromatic heterocycles. The number of para-hydroxylation sites is 1. The maximum Gasteiger partial charge on any atom is 0.193 e. The van der Waals surface area contributed by atoms with Crippen molar-refractivity contribution in [2.45, 2.75) is 19.9 Å². The van der Waals surface area contributed by atoms with E-state index >= 15 is 0 Å². The molecular weight excluding hydrogens is 242 g/mol. The Morgan fingerprint density at radius 3 is 2.74 bits per heavy atom. The van der Waals surface area contributed by atoms with Gasteiger partial charge in [0, 0.05) is 16.8 Å². The third-order valence-electron chi connectivity index (χ3n) is 3.07. The molecule has 0 aliphatic carbocycles. The summed E-state index contributed by atoms with van der Waals surface area (Å²) < 4.78 is 5.33. The zero-order chi connectivity index (χ0) is 14.0. The van der Waals surface area contributed by atoms with Crippen molar-refractivity contribution in [3.8, 4) is 5.75 Å². The molecule has 1 atom stereocenters. The number of ether oxygens (including phenoxy) is 1. The van der Waals surface area contributed by atoms with E-state index in [0.29, 0.717) is 17.3 Å². The second-order valence-electron chi connectivity index (χ2n) is 4.38. The van der Waals surface area contributed by atoms with Gasteiger partial charge in [0.25, 0.3) is 0 Å². The topological polar surface area (TPSA) is 76.7 Å². The van der Waals surface area contributed by atoms with Gasteiger partial charge in [0.2, 0.25) is 0 Å². The van der Waals surface area contributed by atoms with E-state index in [1.165, 1.54) is 6.92 Å². The van der Waals surface area contributed by atoms with E-state index < -0.39 is 6.04 Å². The van der Waals surface area contributed by atoms with Crippen molar-refractivity contribution in [3.63, 3.8) is 0 Å². The standard InChI is InChI=1S/C14H17N3O2/c1-8-12(9(2)18)13(17-14(15)16-8)10-6-4-5-7-11(10)19-3/h4-7,13H,1-3H3,(H3,15,16,17). The number of Topliss-reactive ketones (excluding diaryl/α,β-unsaturated/α-hetero) is 1. The summed E-state index contributed by atoms with van der Waals surface area (Å²) in [5.74, 6) is 0.966. The van der Waals surface area contributed by atoms with Crippen LogP contribution < -0.4 is 15.8 Å². The monoisotopic (exact) mass is 259 g/mol. The van der Waals surface area contributed by atoms with Gasteiger partial charge < -0.3 is 15.8 Å². The number of ketones is 1. The van der Waals surface area contributed by atoms with Crippen LogP contribution in [0.4, 0.5) is 0 Å². The summed E-state index contributed by atoms with van der Waals surface area (Å²) in [6.07, 6.45) is 0. The van der Waals surface area contributed by atoms with Crippen molar-refractivity contribution < 1.29 is 9.53 Å². The van der Waals surface area contributed by atoms with Gasteiger partial charge in [0.05, 0.1) is 7.11 Å². The molecule has 1 aromatic carbocycles. The minimum atomic E-state index is -0.421. The third-order valence-corrected chi connectivity index (χ3v) is 3.07. The number of methoxy groups -OCH3 is 1. The van der Waals surface area contributed by atoms with E-state index in [2.05, 4.69) is 10.3 Å². The number of carbonyl (C=O) groups is 1. The third kappa shape index (κ3) is 2.45. The Bertz CT molecular complexity index is 576. The highest BCUT2D eigenvalue weighted by atomic mass is 16.5. The van der Waals surface area contributed by atoms with Crippen molar-refractivity contribution in [3.05, 3.63) is 41.1 Å². The molecular formula is C14H17N3O2. The van der Waals surface area contributed by atoms with E-state index in [4.69, 9.17) is 10.5 Å². The van der Waals surface area contributed by atoms with Crippen LogP contribution in [0.2, 0.25) is 0 Å². The number of nitrogens with two attached hydrogens (primary N) is 1. The van der Waals surface area contributed by atoms with E-state index in [1.807, 2.05) is 31.2 Å². The molecule has 0 saturated carbocycles. The lowest BCUT2D eigenvalue weighted by Crippen LogP contribution is -2.36. The van der Waals surface area contributed by atoms with Crippen LogP contribution in [0.3, 0.4) is 0 Å². The Morgan fingerprint density at radius 2 is 2.11 bits per heavy atom. The molecule has 19 heavy (non-hydrogen) atoms. The minimum Gasteiger partial charge on any atom is -0.496 e. The molecule has 5 heteroatoms. The molecule has 2 rings (SSSR count). The highest BCUT2D eigenvalue weighted by Crippen LogP contribution is 2.35. The van der Waals surface area contributed by atoms with Crippen molar-refractivity contribution in [1.82, 2.24) is 5.32 Å². The first kappa shape index (κ1) is 13.1. The van der Waals surface area contributed by atoms with Crippen LogP contribution in [0, 0.1) is 0 Å². The highest BCUT2D eigenvalue weighted by molar-refractivity contribution is 5.98. The molecule has 0 spiro atoms. The first-order chi connectivity index (χ1) is 9.04. The molecule has 3 N–H and O–H groups in total. The fraction of sp³-hybridized carbons (Fsp3) is 0.286. The molecule has 0 saturated heterocycles. The number of hydrogen-bond acceptors (Lipinski definition) is 5. The van der Waals surface area contributed by atoms with E-state index in [0.717, 1.165) is 11.3 Å². The molecule has 1 heterocycles. The van der Waals surface area contributed by atoms with Crippen molar-refractivity contribution in [2.75, 3.05) is 7.11 Å². The van der Waals surface area contributed by atoms with Gasteiger partial charge in [-0.1, -0.05) is 18.2 Å². The number of guanidine groups is 1. The van der Waals surface area contributed by atoms with E-state index in [1.54, 1.807) is 7.11 Å². The SMILES string of the molecule is COc1ccccc1C1N=C(N)NC(C)=C1C(C)=O. The smallest absolute Gasteiger partial charge is 0.193 e. The molecule has 0 bridgehead atoms. The van der Waals surface area contributed by atoms with Crippen molar-refractivity contribution >= 4 is 11.7 Å². The summed E-state index contributed by atoms with van der Waals surface area (Å²) in [6.45, 7) is 3.35. The molecule has 0 amide bonds. The first-order valence-corrected chi connectivity index (χ1v) is 5.99. The normalized spacial score (nSPS) is 18.7. The number of nitrogens with one attached hydrogen (secondary N) is 1. The Kier molecular flexibility index (Phi) is 3.55. The Balaban J connectivity index is 2.57. The molecule has 1 aliphatic heterocycles. The predicted octanol–water partition coefficient (Wildman–Crippen LogP) is 1.52. The fourth-order valence-corrected chi connectivity index (χ4v) is 2.27. The van der Waals surface area contributed by atoms with Crippen LogP contribution in [0.5, 0.6) is 5.75 Å². The van der Waals surface area contributed by atoms with Gasteiger partial charge in [0.1, 0.15) is 11.8 Å². The maximum atomic E-state index is 11.9. The van der Waals surface area contributed by atoms with Gasteiger partial charge in [-0.15, -0.1) is 0 Å². The number of rotatable bonds is 3. The van der Waals surface area contributed by atoms with Crippen LogP contribution in [-0.4, -0.2) is 18.9 Å². The number of nitrogens with zero attached hydrogens (tertiary/aromatic N) is 1. The number of carbonyl (C=O) groups excluding carboxylic acids is 1. The summed E-state index contributed by atoms with van der Waals surface area (Å²) >= 11 is 0. The predicted molar refractivity (Wildman–Crippen MR) is 73.9 cm³/mol. The summed E-state index contributed by atoms with van der Waals surface area (Å²) in [4.78, 5) is 16.2. The number of benzene rings is 1. The summed E-state index contributed by atoms with van der Waals surface area (Å²) in [5, 5.41) is 2.89. The molecule has 1 unspecified atom stereocenters. The summed E-state index contributed by atoms with van der Waals surface area (Å²) in [7, 11) is 1.59. The second kappa shape index (κ2) is 5.14. The lowest BCUT2D eigenvalue weighted by Gasteiger charge is -2.25. The average Bonchev–Trinajstić information content (AvgIpc) is 2.37. The highest BCUT2D eigenvalue weighted by Gasteiger charge is 2.28. The van der Waals surface area contributed by atoms with Crippen LogP contribution in [0.25, 0.3) is 0 Å². The molecule has 100 valence electrons. The number of hydrogen-bond donors (Lipinski definition) is 2. The maximum absolute atomic E-state index is 11.9. The van der Waals surface area contributed by atoms with Crippen LogP contribution in [0.15, 0.2) is 40.5 Å². The molecule has 5 nitrogen and oxygen atoms in total. The fourth-order valence-electron chi connectivity index (χ4n) is 2.27. The summed E-state index contributed by atoms with van der Waals surface area (Å²) in [6, 6.07) is 7.08. The molecule has 0 fully saturated rings. The van der Waals surface area contributed by atoms with E-state index in [9.17, 15) is 4.79 Å². The first-order valence-electron chi connectivity index (χ1n) is 5.99. The molecule has 1 aromatic rings. The summed E-state index contributed by atoms with van der Waals surface area (Å²) in [5.41, 5.74) is 7.93. The van der Waals surface area contributed by atoms with Gasteiger partial charge in [0.15, 0.2) is 11.7 Å². The average molecular weight is 259 g/mol. The Labute approximate surface area is 112 Å². The minimum absolute atomic E-state index is 0.0304. The van der Waals surface area contributed by atoms with Gasteiger partial charge in [-0.3, -0.25) is 4.79 Å². The Morgan fingerprint density at radius 1 is 1.42 bits per heavy atom. The second-order valence-corrected chi connectivity index (χ2v) is 4.38. The van der Waals surface area contributed by atoms with Crippen molar-refractivity contribution in [2.24, 2.45) is 10.7 Å².